The van der Waals surface area contributed by atoms with Crippen LogP contribution >= 0.6 is 24.0 Å². The number of rotatable bonds is 5. The van der Waals surface area contributed by atoms with Gasteiger partial charge in [0.15, 0.2) is 5.96 Å². The summed E-state index contributed by atoms with van der Waals surface area (Å²) in [5, 5.41) is 7.67. The molecule has 0 amide bonds. The fourth-order valence-corrected chi connectivity index (χ4v) is 3.19. The van der Waals surface area contributed by atoms with Gasteiger partial charge in [0.2, 0.25) is 0 Å². The SMILES string of the molecule is CN=C(NCCn1cccn1)N1CCC(Cc2ccccc2)C1.I. The number of halogens is 1. The highest BCUT2D eigenvalue weighted by atomic mass is 127. The van der Waals surface area contributed by atoms with E-state index < -0.39 is 0 Å². The van der Waals surface area contributed by atoms with Gasteiger partial charge in [0.05, 0.1) is 6.54 Å². The van der Waals surface area contributed by atoms with Crippen LogP contribution in [0.4, 0.5) is 0 Å². The van der Waals surface area contributed by atoms with Crippen LogP contribution in [-0.4, -0.2) is 47.3 Å². The molecule has 1 aromatic heterocycles. The maximum absolute atomic E-state index is 4.43. The Kier molecular flexibility index (Phi) is 7.55. The van der Waals surface area contributed by atoms with Crippen molar-refractivity contribution in [3.05, 3.63) is 54.4 Å². The van der Waals surface area contributed by atoms with Crippen LogP contribution in [-0.2, 0) is 13.0 Å². The van der Waals surface area contributed by atoms with Crippen molar-refractivity contribution in [1.82, 2.24) is 20.0 Å². The Morgan fingerprint density at radius 1 is 1.29 bits per heavy atom. The predicted octanol–water partition coefficient (Wildman–Crippen LogP) is 2.64. The minimum absolute atomic E-state index is 0. The molecule has 0 radical (unpaired) electrons. The molecule has 2 heterocycles. The van der Waals surface area contributed by atoms with E-state index in [1.165, 1.54) is 12.0 Å². The summed E-state index contributed by atoms with van der Waals surface area (Å²) in [6, 6.07) is 12.7. The van der Waals surface area contributed by atoms with E-state index in [1.54, 1.807) is 0 Å². The minimum atomic E-state index is 0. The normalized spacial score (nSPS) is 17.6. The van der Waals surface area contributed by atoms with Crippen molar-refractivity contribution < 1.29 is 0 Å². The van der Waals surface area contributed by atoms with Crippen LogP contribution in [0.3, 0.4) is 0 Å². The molecular weight excluding hydrogens is 413 g/mol. The Balaban J connectivity index is 0.00000208. The molecule has 5 nitrogen and oxygen atoms in total. The van der Waals surface area contributed by atoms with E-state index in [0.29, 0.717) is 5.92 Å². The van der Waals surface area contributed by atoms with Gasteiger partial charge in [-0.1, -0.05) is 30.3 Å². The van der Waals surface area contributed by atoms with E-state index in [4.69, 9.17) is 0 Å². The molecule has 1 saturated heterocycles. The average molecular weight is 439 g/mol. The first-order valence-corrected chi connectivity index (χ1v) is 8.32. The van der Waals surface area contributed by atoms with Crippen molar-refractivity contribution in [2.24, 2.45) is 10.9 Å². The van der Waals surface area contributed by atoms with Gasteiger partial charge in [-0.15, -0.1) is 24.0 Å². The van der Waals surface area contributed by atoms with Crippen LogP contribution in [0.2, 0.25) is 0 Å². The molecule has 0 saturated carbocycles. The lowest BCUT2D eigenvalue weighted by atomic mass is 9.99. The first-order valence-electron chi connectivity index (χ1n) is 8.32. The van der Waals surface area contributed by atoms with Crippen molar-refractivity contribution in [2.45, 2.75) is 19.4 Å². The summed E-state index contributed by atoms with van der Waals surface area (Å²) < 4.78 is 1.93. The summed E-state index contributed by atoms with van der Waals surface area (Å²) in [5.41, 5.74) is 1.43. The summed E-state index contributed by atoms with van der Waals surface area (Å²) in [6.45, 7) is 3.86. The molecule has 6 heteroatoms. The molecule has 1 atom stereocenters. The smallest absolute Gasteiger partial charge is 0.193 e. The van der Waals surface area contributed by atoms with Crippen molar-refractivity contribution >= 4 is 29.9 Å². The first kappa shape index (κ1) is 18.8. The molecule has 1 aromatic carbocycles. The molecule has 3 rings (SSSR count). The van der Waals surface area contributed by atoms with Gasteiger partial charge >= 0.3 is 0 Å². The monoisotopic (exact) mass is 439 g/mol. The third-order valence-electron chi connectivity index (χ3n) is 4.35. The third kappa shape index (κ3) is 5.22. The van der Waals surface area contributed by atoms with Gasteiger partial charge in [-0.25, -0.2) is 0 Å². The second-order valence-corrected chi connectivity index (χ2v) is 6.03. The molecule has 0 spiro atoms. The third-order valence-corrected chi connectivity index (χ3v) is 4.35. The molecule has 130 valence electrons. The molecule has 1 aliphatic rings. The highest BCUT2D eigenvalue weighted by Gasteiger charge is 2.24. The van der Waals surface area contributed by atoms with E-state index in [2.05, 4.69) is 50.6 Å². The Bertz CT molecular complexity index is 612. The number of nitrogens with one attached hydrogen (secondary N) is 1. The Hall–Kier alpha value is -1.57. The average Bonchev–Trinajstić information content (AvgIpc) is 3.25. The largest absolute Gasteiger partial charge is 0.354 e. The molecule has 2 aromatic rings. The van der Waals surface area contributed by atoms with Gasteiger partial charge < -0.3 is 10.2 Å². The zero-order valence-corrected chi connectivity index (χ0v) is 16.5. The quantitative estimate of drug-likeness (QED) is 0.443. The van der Waals surface area contributed by atoms with E-state index in [-0.39, 0.29) is 24.0 Å². The lowest BCUT2D eigenvalue weighted by Crippen LogP contribution is -2.41. The summed E-state index contributed by atoms with van der Waals surface area (Å²) in [7, 11) is 1.86. The predicted molar refractivity (Wildman–Crippen MR) is 109 cm³/mol. The molecule has 0 aliphatic carbocycles. The van der Waals surface area contributed by atoms with Crippen LogP contribution < -0.4 is 5.32 Å². The first-order chi connectivity index (χ1) is 11.3. The van der Waals surface area contributed by atoms with Gasteiger partial charge in [-0.2, -0.15) is 5.10 Å². The highest BCUT2D eigenvalue weighted by molar-refractivity contribution is 14.0. The van der Waals surface area contributed by atoms with Gasteiger partial charge in [-0.05, 0) is 30.4 Å². The van der Waals surface area contributed by atoms with Gasteiger partial charge in [0.1, 0.15) is 0 Å². The van der Waals surface area contributed by atoms with E-state index in [0.717, 1.165) is 38.6 Å². The number of hydrogen-bond donors (Lipinski definition) is 1. The summed E-state index contributed by atoms with van der Waals surface area (Å²) in [5.74, 6) is 1.72. The second-order valence-electron chi connectivity index (χ2n) is 6.03. The van der Waals surface area contributed by atoms with Crippen LogP contribution in [0.1, 0.15) is 12.0 Å². The maximum atomic E-state index is 4.43. The van der Waals surface area contributed by atoms with Crippen LogP contribution in [0.5, 0.6) is 0 Å². The standard InChI is InChI=1S/C18H25N5.HI/c1-19-18(20-10-13-23-11-5-9-21-23)22-12-8-17(15-22)14-16-6-3-2-4-7-16;/h2-7,9,11,17H,8,10,12-15H2,1H3,(H,19,20);1H. The van der Waals surface area contributed by atoms with Crippen LogP contribution in [0.25, 0.3) is 0 Å². The fourth-order valence-electron chi connectivity index (χ4n) is 3.19. The molecule has 1 N–H and O–H groups in total. The zero-order chi connectivity index (χ0) is 15.9. The van der Waals surface area contributed by atoms with E-state index in [9.17, 15) is 0 Å². The fraction of sp³-hybridized carbons (Fsp3) is 0.444. The number of aromatic nitrogens is 2. The Morgan fingerprint density at radius 3 is 2.83 bits per heavy atom. The van der Waals surface area contributed by atoms with Gasteiger partial charge in [0, 0.05) is 39.1 Å². The lowest BCUT2D eigenvalue weighted by molar-refractivity contribution is 0.455. The number of aliphatic imine (C=N–C) groups is 1. The van der Waals surface area contributed by atoms with Crippen LogP contribution in [0, 0.1) is 5.92 Å². The molecule has 24 heavy (non-hydrogen) atoms. The van der Waals surface area contributed by atoms with E-state index >= 15 is 0 Å². The van der Waals surface area contributed by atoms with Crippen molar-refractivity contribution in [3.8, 4) is 0 Å². The minimum Gasteiger partial charge on any atom is -0.354 e. The van der Waals surface area contributed by atoms with Gasteiger partial charge in [0.25, 0.3) is 0 Å². The number of nitrogens with zero attached hydrogens (tertiary/aromatic N) is 4. The van der Waals surface area contributed by atoms with Crippen LogP contribution in [0.15, 0.2) is 53.8 Å². The molecule has 1 aliphatic heterocycles. The summed E-state index contributed by atoms with van der Waals surface area (Å²) >= 11 is 0. The Morgan fingerprint density at radius 2 is 2.12 bits per heavy atom. The van der Waals surface area contributed by atoms with Gasteiger partial charge in [-0.3, -0.25) is 9.67 Å². The van der Waals surface area contributed by atoms with Crippen molar-refractivity contribution in [1.29, 1.82) is 0 Å². The molecule has 1 fully saturated rings. The lowest BCUT2D eigenvalue weighted by Gasteiger charge is -2.21. The van der Waals surface area contributed by atoms with E-state index in [1.807, 2.05) is 30.2 Å². The number of benzene rings is 1. The van der Waals surface area contributed by atoms with Crippen molar-refractivity contribution in [3.63, 3.8) is 0 Å². The number of guanidine groups is 1. The molecule has 1 unspecified atom stereocenters. The summed E-state index contributed by atoms with van der Waals surface area (Å²) in [4.78, 5) is 6.80. The number of likely N-dealkylation sites (tertiary alicyclic amines) is 1. The summed E-state index contributed by atoms with van der Waals surface area (Å²) in [6.07, 6.45) is 6.18. The topological polar surface area (TPSA) is 45.5 Å². The molecule has 0 bridgehead atoms. The second kappa shape index (κ2) is 9.66. The number of hydrogen-bond acceptors (Lipinski definition) is 2. The maximum Gasteiger partial charge on any atom is 0.193 e. The van der Waals surface area contributed by atoms with Crippen molar-refractivity contribution in [2.75, 3.05) is 26.7 Å². The Labute approximate surface area is 161 Å². The highest BCUT2D eigenvalue weighted by Crippen LogP contribution is 2.20. The zero-order valence-electron chi connectivity index (χ0n) is 14.1. The molecular formula is C18H26IN5.